The van der Waals surface area contributed by atoms with Gasteiger partial charge in [0, 0.05) is 18.5 Å². The number of ether oxygens (including phenoxy) is 1. The molecule has 0 bridgehead atoms. The highest BCUT2D eigenvalue weighted by molar-refractivity contribution is 5.75. The average Bonchev–Trinajstić information content (AvgIpc) is 2.82. The lowest BCUT2D eigenvalue weighted by atomic mass is 9.55. The molecule has 0 unspecified atom stereocenters. The first-order valence-electron chi connectivity index (χ1n) is 10.1. The van der Waals surface area contributed by atoms with Crippen LogP contribution >= 0.6 is 0 Å². The van der Waals surface area contributed by atoms with E-state index in [9.17, 15) is 4.79 Å². The van der Waals surface area contributed by atoms with E-state index in [0.29, 0.717) is 23.3 Å². The van der Waals surface area contributed by atoms with Crippen LogP contribution in [0, 0.1) is 23.2 Å². The van der Waals surface area contributed by atoms with Crippen LogP contribution in [-0.2, 0) is 9.53 Å². The molecule has 4 rings (SSSR count). The van der Waals surface area contributed by atoms with Crippen LogP contribution in [0.5, 0.6) is 0 Å². The predicted molar refractivity (Wildman–Crippen MR) is 95.6 cm³/mol. The van der Waals surface area contributed by atoms with Gasteiger partial charge < -0.3 is 4.74 Å². The van der Waals surface area contributed by atoms with E-state index >= 15 is 0 Å². The summed E-state index contributed by atoms with van der Waals surface area (Å²) in [6, 6.07) is 0.615. The Morgan fingerprint density at radius 1 is 1.33 bits per heavy atom. The van der Waals surface area contributed by atoms with Gasteiger partial charge >= 0.3 is 5.97 Å². The fourth-order valence-corrected chi connectivity index (χ4v) is 6.15. The van der Waals surface area contributed by atoms with Crippen molar-refractivity contribution in [3.8, 4) is 0 Å². The zero-order valence-corrected chi connectivity index (χ0v) is 15.4. The number of hydrogen-bond acceptors (Lipinski definition) is 3. The molecule has 0 N–H and O–H groups in total. The molecule has 2 saturated carbocycles. The Hall–Kier alpha value is -0.830. The summed E-state index contributed by atoms with van der Waals surface area (Å²) in [5, 5.41) is 0. The molecule has 4 fully saturated rings. The Balaban J connectivity index is 1.51. The van der Waals surface area contributed by atoms with Gasteiger partial charge in [-0.15, -0.1) is 0 Å². The van der Waals surface area contributed by atoms with Gasteiger partial charge in [-0.3, -0.25) is 9.69 Å². The smallest absolute Gasteiger partial charge is 0.310 e. The van der Waals surface area contributed by atoms with E-state index in [-0.39, 0.29) is 18.0 Å². The van der Waals surface area contributed by atoms with Crippen LogP contribution in [0.15, 0.2) is 12.2 Å². The van der Waals surface area contributed by atoms with Crippen molar-refractivity contribution in [2.45, 2.75) is 77.4 Å². The first-order chi connectivity index (χ1) is 11.5. The molecule has 0 aromatic carbocycles. The van der Waals surface area contributed by atoms with Crippen LogP contribution in [-0.4, -0.2) is 36.1 Å². The number of fused-ring (bicyclic) bond motifs is 2. The minimum Gasteiger partial charge on any atom is -0.462 e. The molecule has 2 aliphatic heterocycles. The molecule has 2 heterocycles. The Bertz CT molecular complexity index is 530. The molecule has 3 heteroatoms. The molecule has 0 aromatic rings. The molecule has 3 nitrogen and oxygen atoms in total. The number of allylic oxidation sites excluding steroid dienone is 1. The van der Waals surface area contributed by atoms with Gasteiger partial charge in [0.25, 0.3) is 0 Å². The number of likely N-dealkylation sites (tertiary alicyclic amines) is 1. The summed E-state index contributed by atoms with van der Waals surface area (Å²) in [7, 11) is 0. The average molecular weight is 332 g/mol. The van der Waals surface area contributed by atoms with E-state index in [4.69, 9.17) is 4.74 Å². The van der Waals surface area contributed by atoms with Crippen LogP contribution in [0.4, 0.5) is 0 Å². The number of nitrogens with zero attached hydrogens (tertiary/aromatic N) is 1. The summed E-state index contributed by atoms with van der Waals surface area (Å²) in [5.41, 5.74) is 1.75. The number of esters is 1. The second-order valence-corrected chi connectivity index (χ2v) is 9.24. The summed E-state index contributed by atoms with van der Waals surface area (Å²) >= 11 is 0. The topological polar surface area (TPSA) is 29.5 Å². The molecule has 6 atom stereocenters. The van der Waals surface area contributed by atoms with Crippen LogP contribution in [0.2, 0.25) is 0 Å². The van der Waals surface area contributed by atoms with Gasteiger partial charge in [0.05, 0.1) is 5.92 Å². The number of carbonyl (C=O) groups excluding carboxylic acids is 1. The Kier molecular flexibility index (Phi) is 4.27. The van der Waals surface area contributed by atoms with Gasteiger partial charge in [0.2, 0.25) is 0 Å². The largest absolute Gasteiger partial charge is 0.462 e. The molecule has 0 radical (unpaired) electrons. The Morgan fingerprint density at radius 2 is 2.17 bits per heavy atom. The molecule has 24 heavy (non-hydrogen) atoms. The van der Waals surface area contributed by atoms with E-state index < -0.39 is 0 Å². The maximum absolute atomic E-state index is 12.6. The Morgan fingerprint density at radius 3 is 2.96 bits per heavy atom. The van der Waals surface area contributed by atoms with E-state index in [1.54, 1.807) is 0 Å². The molecule has 0 spiro atoms. The van der Waals surface area contributed by atoms with E-state index in [1.807, 2.05) is 0 Å². The van der Waals surface area contributed by atoms with Crippen LogP contribution < -0.4 is 0 Å². The number of piperidine rings is 1. The molecule has 0 amide bonds. The normalized spacial score (nSPS) is 46.3. The number of hydrogen-bond donors (Lipinski definition) is 0. The van der Waals surface area contributed by atoms with Crippen LogP contribution in [0.25, 0.3) is 0 Å². The highest BCUT2D eigenvalue weighted by atomic mass is 16.6. The predicted octanol–water partition coefficient (Wildman–Crippen LogP) is 4.18. The zero-order chi connectivity index (χ0) is 16.9. The van der Waals surface area contributed by atoms with Gasteiger partial charge in [-0.1, -0.05) is 25.5 Å². The fraction of sp³-hybridized carbons (Fsp3) is 0.857. The molecule has 134 valence electrons. The molecule has 0 aromatic heterocycles. The first kappa shape index (κ1) is 16.6. The van der Waals surface area contributed by atoms with Crippen molar-refractivity contribution >= 4 is 5.97 Å². The highest BCUT2D eigenvalue weighted by Crippen LogP contribution is 2.57. The van der Waals surface area contributed by atoms with Crippen molar-refractivity contribution in [2.75, 3.05) is 13.1 Å². The summed E-state index contributed by atoms with van der Waals surface area (Å²) in [6.45, 7) is 11.2. The SMILES string of the molecule is C=C1CCC[C@]2(C)C[C@H]3OC(=O)[C@H](CN4CCCC[C@H]4C)[C@H]3C[C@H]12. The summed E-state index contributed by atoms with van der Waals surface area (Å²) in [4.78, 5) is 15.2. The van der Waals surface area contributed by atoms with Crippen molar-refractivity contribution in [3.05, 3.63) is 12.2 Å². The van der Waals surface area contributed by atoms with Crippen LogP contribution in [0.1, 0.15) is 65.2 Å². The van der Waals surface area contributed by atoms with Crippen molar-refractivity contribution < 1.29 is 9.53 Å². The molecular weight excluding hydrogens is 298 g/mol. The quantitative estimate of drug-likeness (QED) is 0.562. The maximum atomic E-state index is 12.6. The molecule has 4 aliphatic rings. The second-order valence-electron chi connectivity index (χ2n) is 9.24. The van der Waals surface area contributed by atoms with Gasteiger partial charge in [-0.05, 0) is 69.7 Å². The van der Waals surface area contributed by atoms with Crippen molar-refractivity contribution in [1.82, 2.24) is 4.90 Å². The third-order valence-electron chi connectivity index (χ3n) is 7.69. The lowest BCUT2D eigenvalue weighted by Crippen LogP contribution is -2.47. The lowest BCUT2D eigenvalue weighted by molar-refractivity contribution is -0.146. The van der Waals surface area contributed by atoms with Gasteiger partial charge in [0.15, 0.2) is 0 Å². The zero-order valence-electron chi connectivity index (χ0n) is 15.4. The maximum Gasteiger partial charge on any atom is 0.310 e. The monoisotopic (exact) mass is 331 g/mol. The van der Waals surface area contributed by atoms with Gasteiger partial charge in [-0.2, -0.15) is 0 Å². The summed E-state index contributed by atoms with van der Waals surface area (Å²) in [6.07, 6.45) is 9.93. The molecule has 2 aliphatic carbocycles. The minimum absolute atomic E-state index is 0.0793. The third kappa shape index (κ3) is 2.73. The molecule has 2 saturated heterocycles. The van der Waals surface area contributed by atoms with Crippen molar-refractivity contribution in [1.29, 1.82) is 0 Å². The van der Waals surface area contributed by atoms with Crippen molar-refractivity contribution in [3.63, 3.8) is 0 Å². The lowest BCUT2D eigenvalue weighted by Gasteiger charge is -2.50. The second kappa shape index (κ2) is 6.16. The first-order valence-corrected chi connectivity index (χ1v) is 10.1. The Labute approximate surface area is 146 Å². The van der Waals surface area contributed by atoms with Gasteiger partial charge in [0.1, 0.15) is 6.10 Å². The highest BCUT2D eigenvalue weighted by Gasteiger charge is 2.55. The molecular formula is C21H33NO2. The standard InChI is InChI=1S/C21H33NO2/c1-14-7-6-9-21(3)12-19-16(11-18(14)21)17(20(23)24-19)13-22-10-5-4-8-15(22)2/h15-19H,1,4-13H2,2-3H3/t15-,16-,17-,18-,19-,21-/m1/s1. The fourth-order valence-electron chi connectivity index (χ4n) is 6.15. The van der Waals surface area contributed by atoms with E-state index in [1.165, 1.54) is 44.1 Å². The third-order valence-corrected chi connectivity index (χ3v) is 7.69. The number of carbonyl (C=O) groups is 1. The summed E-state index contributed by atoms with van der Waals surface area (Å²) in [5.74, 6) is 1.19. The van der Waals surface area contributed by atoms with Crippen molar-refractivity contribution in [2.24, 2.45) is 23.2 Å². The summed E-state index contributed by atoms with van der Waals surface area (Å²) < 4.78 is 5.91. The van der Waals surface area contributed by atoms with E-state index in [0.717, 1.165) is 25.9 Å². The van der Waals surface area contributed by atoms with Gasteiger partial charge in [-0.25, -0.2) is 0 Å². The number of rotatable bonds is 2. The minimum atomic E-state index is 0.0793. The van der Waals surface area contributed by atoms with E-state index in [2.05, 4.69) is 25.3 Å². The van der Waals surface area contributed by atoms with Crippen LogP contribution in [0.3, 0.4) is 0 Å².